The molecule has 1 radical (unpaired) electrons. The van der Waals surface area contributed by atoms with Crippen LogP contribution in [0, 0.1) is 6.07 Å². The second-order valence-corrected chi connectivity index (χ2v) is 4.99. The first-order valence-corrected chi connectivity index (χ1v) is 7.01. The lowest BCUT2D eigenvalue weighted by Gasteiger charge is -2.22. The summed E-state index contributed by atoms with van der Waals surface area (Å²) >= 11 is 0. The van der Waals surface area contributed by atoms with Crippen molar-refractivity contribution in [1.82, 2.24) is 19.4 Å². The molecule has 0 atom stereocenters. The van der Waals surface area contributed by atoms with E-state index in [1.165, 1.54) is 6.42 Å². The van der Waals surface area contributed by atoms with Gasteiger partial charge in [-0.1, -0.05) is 25.1 Å². The van der Waals surface area contributed by atoms with E-state index in [-0.39, 0.29) is 0 Å². The number of aromatic nitrogens is 2. The van der Waals surface area contributed by atoms with Crippen molar-refractivity contribution in [3.8, 4) is 11.4 Å². The molecule has 0 fully saturated rings. The molecular formula is C16H19N4. The van der Waals surface area contributed by atoms with E-state index < -0.39 is 0 Å². The summed E-state index contributed by atoms with van der Waals surface area (Å²) in [5.41, 5.74) is 1.10. The number of hydrogen-bond donors (Lipinski definition) is 0. The van der Waals surface area contributed by atoms with Crippen molar-refractivity contribution in [2.75, 3.05) is 13.2 Å². The summed E-state index contributed by atoms with van der Waals surface area (Å²) in [5, 5.41) is 0. The lowest BCUT2D eigenvalue weighted by Crippen LogP contribution is -2.27. The molecule has 0 aliphatic carbocycles. The summed E-state index contributed by atoms with van der Waals surface area (Å²) in [4.78, 5) is 9.07. The second kappa shape index (κ2) is 5.82. The molecule has 3 rings (SSSR count). The molecule has 1 aromatic carbocycles. The van der Waals surface area contributed by atoms with Crippen molar-refractivity contribution >= 4 is 0 Å². The third-order valence-electron chi connectivity index (χ3n) is 3.38. The molecule has 4 heteroatoms. The highest BCUT2D eigenvalue weighted by molar-refractivity contribution is 5.54. The van der Waals surface area contributed by atoms with Crippen molar-refractivity contribution in [3.63, 3.8) is 0 Å². The summed E-state index contributed by atoms with van der Waals surface area (Å²) in [6.45, 7) is 5.08. The molecule has 4 nitrogen and oxygen atoms in total. The Bertz CT molecular complexity index is 573. The molecule has 20 heavy (non-hydrogen) atoms. The normalized spacial score (nSPS) is 14.2. The van der Waals surface area contributed by atoms with Crippen LogP contribution in [0.25, 0.3) is 11.4 Å². The summed E-state index contributed by atoms with van der Waals surface area (Å²) < 4.78 is 2.17. The van der Waals surface area contributed by atoms with Gasteiger partial charge in [0, 0.05) is 36.9 Å². The van der Waals surface area contributed by atoms with Crippen LogP contribution in [0.1, 0.15) is 13.3 Å². The molecular weight excluding hydrogens is 248 g/mol. The minimum Gasteiger partial charge on any atom is -0.359 e. The standard InChI is InChI=1S/C16H19N4/c1-2-9-18-11-12-19(13-18)14-20-10-8-17-16(20)15-6-4-3-5-7-15/h3-4,6-8,10-12H,2,9,13-14H2,1H3. The largest absolute Gasteiger partial charge is 0.359 e. The van der Waals surface area contributed by atoms with Crippen LogP contribution in [0.4, 0.5) is 0 Å². The Hall–Kier alpha value is -2.23. The zero-order valence-electron chi connectivity index (χ0n) is 11.7. The highest BCUT2D eigenvalue weighted by Crippen LogP contribution is 2.18. The van der Waals surface area contributed by atoms with Crippen LogP contribution in [0.5, 0.6) is 0 Å². The van der Waals surface area contributed by atoms with Gasteiger partial charge in [-0.15, -0.1) is 0 Å². The van der Waals surface area contributed by atoms with E-state index >= 15 is 0 Å². The second-order valence-electron chi connectivity index (χ2n) is 4.99. The monoisotopic (exact) mass is 267 g/mol. The molecule has 0 N–H and O–H groups in total. The van der Waals surface area contributed by atoms with E-state index in [1.807, 2.05) is 30.6 Å². The molecule has 103 valence electrons. The topological polar surface area (TPSA) is 24.3 Å². The van der Waals surface area contributed by atoms with Gasteiger partial charge < -0.3 is 14.4 Å². The van der Waals surface area contributed by atoms with E-state index in [1.54, 1.807) is 0 Å². The van der Waals surface area contributed by atoms with E-state index in [0.29, 0.717) is 0 Å². The van der Waals surface area contributed by atoms with Gasteiger partial charge in [-0.3, -0.25) is 0 Å². The fourth-order valence-corrected chi connectivity index (χ4v) is 2.45. The van der Waals surface area contributed by atoms with Gasteiger partial charge in [0.25, 0.3) is 0 Å². The third kappa shape index (κ3) is 2.69. The Kier molecular flexibility index (Phi) is 3.72. The quantitative estimate of drug-likeness (QED) is 0.832. The van der Waals surface area contributed by atoms with E-state index in [9.17, 15) is 0 Å². The summed E-state index contributed by atoms with van der Waals surface area (Å²) in [6, 6.07) is 11.0. The Morgan fingerprint density at radius 2 is 2.20 bits per heavy atom. The lowest BCUT2D eigenvalue weighted by molar-refractivity contribution is 0.229. The molecule has 2 heterocycles. The maximum atomic E-state index is 4.46. The van der Waals surface area contributed by atoms with Crippen LogP contribution in [0.3, 0.4) is 0 Å². The fourth-order valence-electron chi connectivity index (χ4n) is 2.45. The number of hydrogen-bond acceptors (Lipinski definition) is 3. The first-order valence-electron chi connectivity index (χ1n) is 7.01. The van der Waals surface area contributed by atoms with Gasteiger partial charge in [-0.25, -0.2) is 4.98 Å². The predicted molar refractivity (Wildman–Crippen MR) is 79.3 cm³/mol. The van der Waals surface area contributed by atoms with Crippen LogP contribution in [-0.2, 0) is 6.67 Å². The van der Waals surface area contributed by atoms with Crippen molar-refractivity contribution in [2.24, 2.45) is 0 Å². The average molecular weight is 267 g/mol. The first-order chi connectivity index (χ1) is 9.86. The van der Waals surface area contributed by atoms with E-state index in [4.69, 9.17) is 0 Å². The molecule has 1 aliphatic heterocycles. The zero-order valence-corrected chi connectivity index (χ0v) is 11.7. The molecule has 0 unspecified atom stereocenters. The minimum absolute atomic E-state index is 0.820. The van der Waals surface area contributed by atoms with Crippen molar-refractivity contribution in [2.45, 2.75) is 20.0 Å². The third-order valence-corrected chi connectivity index (χ3v) is 3.38. The van der Waals surface area contributed by atoms with Gasteiger partial charge in [-0.05, 0) is 18.6 Å². The summed E-state index contributed by atoms with van der Waals surface area (Å²) in [7, 11) is 0. The highest BCUT2D eigenvalue weighted by Gasteiger charge is 2.13. The maximum absolute atomic E-state index is 4.46. The van der Waals surface area contributed by atoms with Gasteiger partial charge in [-0.2, -0.15) is 0 Å². The van der Waals surface area contributed by atoms with Gasteiger partial charge in [0.05, 0.1) is 13.3 Å². The zero-order chi connectivity index (χ0) is 13.8. The fraction of sp³-hybridized carbons (Fsp3) is 0.312. The highest BCUT2D eigenvalue weighted by atomic mass is 15.4. The molecule has 0 bridgehead atoms. The number of imidazole rings is 1. The van der Waals surface area contributed by atoms with Crippen LogP contribution in [0.15, 0.2) is 49.1 Å². The Labute approximate surface area is 120 Å². The molecule has 2 aromatic rings. The van der Waals surface area contributed by atoms with Crippen LogP contribution < -0.4 is 0 Å². The number of benzene rings is 1. The molecule has 1 aliphatic rings. The van der Waals surface area contributed by atoms with Crippen molar-refractivity contribution < 1.29 is 0 Å². The van der Waals surface area contributed by atoms with Crippen LogP contribution in [0.2, 0.25) is 0 Å². The first kappa shape index (κ1) is 12.8. The molecule has 0 saturated carbocycles. The van der Waals surface area contributed by atoms with Gasteiger partial charge >= 0.3 is 0 Å². The minimum atomic E-state index is 0.820. The number of nitrogens with zero attached hydrogens (tertiary/aromatic N) is 4. The van der Waals surface area contributed by atoms with Crippen LogP contribution >= 0.6 is 0 Å². The predicted octanol–water partition coefficient (Wildman–Crippen LogP) is 2.76. The Balaban J connectivity index is 1.71. The summed E-state index contributed by atoms with van der Waals surface area (Å²) in [6.07, 6.45) is 9.37. The lowest BCUT2D eigenvalue weighted by atomic mass is 10.2. The van der Waals surface area contributed by atoms with Crippen molar-refractivity contribution in [3.05, 3.63) is 55.1 Å². The molecule has 1 aromatic heterocycles. The Morgan fingerprint density at radius 1 is 1.30 bits per heavy atom. The van der Waals surface area contributed by atoms with Gasteiger partial charge in [0.15, 0.2) is 0 Å². The van der Waals surface area contributed by atoms with Gasteiger partial charge in [0.2, 0.25) is 0 Å². The van der Waals surface area contributed by atoms with E-state index in [2.05, 4.69) is 50.8 Å². The molecule has 0 saturated heterocycles. The number of rotatable bonds is 5. The Morgan fingerprint density at radius 3 is 3.00 bits per heavy atom. The molecule has 0 amide bonds. The average Bonchev–Trinajstić information content (AvgIpc) is 3.10. The van der Waals surface area contributed by atoms with Gasteiger partial charge in [0.1, 0.15) is 5.82 Å². The smallest absolute Gasteiger partial charge is 0.141 e. The maximum Gasteiger partial charge on any atom is 0.141 e. The molecule has 0 spiro atoms. The SMILES string of the molecule is CCCN1C=CN(Cn2ccnc2-c2c[c]ccc2)C1. The summed E-state index contributed by atoms with van der Waals surface area (Å²) in [5.74, 6) is 0.990. The van der Waals surface area contributed by atoms with Crippen molar-refractivity contribution in [1.29, 1.82) is 0 Å². The van der Waals surface area contributed by atoms with E-state index in [0.717, 1.165) is 31.3 Å². The van der Waals surface area contributed by atoms with Crippen LogP contribution in [-0.4, -0.2) is 32.6 Å².